The summed E-state index contributed by atoms with van der Waals surface area (Å²) < 4.78 is 1.54. The summed E-state index contributed by atoms with van der Waals surface area (Å²) in [7, 11) is 3.97. The molecule has 1 fully saturated rings. The Bertz CT molecular complexity index is 861. The van der Waals surface area contributed by atoms with Gasteiger partial charge in [-0.15, -0.1) is 0 Å². The van der Waals surface area contributed by atoms with Gasteiger partial charge in [0.2, 0.25) is 0 Å². The van der Waals surface area contributed by atoms with E-state index in [1.165, 1.54) is 46.7 Å². The van der Waals surface area contributed by atoms with E-state index in [0.29, 0.717) is 6.54 Å². The number of likely N-dealkylation sites (N-methyl/N-ethyl adjacent to an activating group) is 1. The second-order valence-electron chi connectivity index (χ2n) is 7.71. The van der Waals surface area contributed by atoms with Gasteiger partial charge in [0, 0.05) is 25.6 Å². The lowest BCUT2D eigenvalue weighted by atomic mass is 9.74. The lowest BCUT2D eigenvalue weighted by Gasteiger charge is -2.30. The summed E-state index contributed by atoms with van der Waals surface area (Å²) in [5.74, 6) is 0.211. The van der Waals surface area contributed by atoms with Crippen LogP contribution in [0.5, 0.6) is 5.75 Å². The van der Waals surface area contributed by atoms with Crippen molar-refractivity contribution in [3.63, 3.8) is 0 Å². The first-order chi connectivity index (χ1) is 13.5. The molecule has 1 saturated heterocycles. The maximum absolute atomic E-state index is 8.57. The van der Waals surface area contributed by atoms with Gasteiger partial charge in [0.05, 0.1) is 12.4 Å². The molecule has 5 heteroatoms. The van der Waals surface area contributed by atoms with E-state index in [-0.39, 0.29) is 11.2 Å². The van der Waals surface area contributed by atoms with Crippen molar-refractivity contribution >= 4 is 0 Å². The fraction of sp³-hybridized carbons (Fsp3) is 0.348. The highest BCUT2D eigenvalue weighted by molar-refractivity contribution is 5.34. The topological polar surface area (TPSA) is 67.3 Å². The maximum Gasteiger partial charge on any atom is 0.153 e. The summed E-state index contributed by atoms with van der Waals surface area (Å²) >= 11 is 0. The van der Waals surface area contributed by atoms with Gasteiger partial charge >= 0.3 is 0 Å². The molecule has 1 aromatic heterocycles. The quantitative estimate of drug-likeness (QED) is 0.732. The predicted octanol–water partition coefficient (Wildman–Crippen LogP) is 3.09. The smallest absolute Gasteiger partial charge is 0.153 e. The average Bonchev–Trinajstić information content (AvgIpc) is 3.28. The first-order valence-electron chi connectivity index (χ1n) is 9.70. The third-order valence-corrected chi connectivity index (χ3v) is 5.40. The van der Waals surface area contributed by atoms with E-state index in [1.807, 2.05) is 0 Å². The van der Waals surface area contributed by atoms with Crippen LogP contribution in [0.3, 0.4) is 0 Å². The molecule has 0 saturated carbocycles. The minimum absolute atomic E-state index is 0.211. The van der Waals surface area contributed by atoms with Crippen LogP contribution in [0, 0.1) is 0 Å². The molecule has 5 nitrogen and oxygen atoms in total. The Balaban J connectivity index is 0.000000271. The van der Waals surface area contributed by atoms with Crippen molar-refractivity contribution in [1.29, 1.82) is 0 Å². The van der Waals surface area contributed by atoms with E-state index in [4.69, 9.17) is 10.8 Å². The van der Waals surface area contributed by atoms with Crippen LogP contribution >= 0.6 is 0 Å². The molecule has 0 radical (unpaired) electrons. The van der Waals surface area contributed by atoms with Crippen LogP contribution in [-0.4, -0.2) is 39.9 Å². The van der Waals surface area contributed by atoms with E-state index in [2.05, 4.69) is 71.6 Å². The maximum atomic E-state index is 8.57. The molecular weight excluding hydrogens is 348 g/mol. The minimum Gasteiger partial charge on any atom is -0.505 e. The number of aryl methyl sites for hydroxylation is 1. The van der Waals surface area contributed by atoms with E-state index >= 15 is 0 Å². The third kappa shape index (κ3) is 5.00. The lowest BCUT2D eigenvalue weighted by Crippen LogP contribution is -2.32. The molecule has 2 aromatic carbocycles. The number of hydrogen-bond acceptors (Lipinski definition) is 4. The summed E-state index contributed by atoms with van der Waals surface area (Å²) in [4.78, 5) is 2.44. The van der Waals surface area contributed by atoms with Crippen molar-refractivity contribution in [2.45, 2.75) is 24.8 Å². The van der Waals surface area contributed by atoms with Crippen molar-refractivity contribution < 1.29 is 5.11 Å². The van der Waals surface area contributed by atoms with E-state index in [9.17, 15) is 0 Å². The fourth-order valence-electron chi connectivity index (χ4n) is 3.98. The van der Waals surface area contributed by atoms with Crippen LogP contribution in [0.1, 0.15) is 23.1 Å². The van der Waals surface area contributed by atoms with Crippen LogP contribution in [-0.2, 0) is 25.4 Å². The summed E-state index contributed by atoms with van der Waals surface area (Å²) in [6, 6.07) is 19.7. The van der Waals surface area contributed by atoms with Crippen LogP contribution in [0.2, 0.25) is 0 Å². The first-order valence-corrected chi connectivity index (χ1v) is 9.70. The van der Waals surface area contributed by atoms with Crippen LogP contribution < -0.4 is 5.73 Å². The molecule has 4 rings (SSSR count). The number of hydrogen-bond donors (Lipinski definition) is 2. The second kappa shape index (κ2) is 9.04. The van der Waals surface area contributed by atoms with Gasteiger partial charge < -0.3 is 15.7 Å². The standard InChI is InChI=1S/C19H24N2.C4H6N2O/c1-21-11-10-19(15-21,13-16-6-3-2-4-7-16)18-9-5-8-17(12-18)14-20;1-6-3-4(7)2-5-6/h2-9,12H,10-11,13-15,20H2,1H3;2-3,7H,1H3. The number of aromatic nitrogens is 2. The first kappa shape index (κ1) is 20.1. The molecule has 148 valence electrons. The Morgan fingerprint density at radius 3 is 2.36 bits per heavy atom. The van der Waals surface area contributed by atoms with Gasteiger partial charge in [-0.2, -0.15) is 5.10 Å². The number of likely N-dealkylation sites (tertiary alicyclic amines) is 1. The van der Waals surface area contributed by atoms with Crippen molar-refractivity contribution in [2.24, 2.45) is 12.8 Å². The zero-order chi connectivity index (χ0) is 20.0. The van der Waals surface area contributed by atoms with Crippen molar-refractivity contribution in [1.82, 2.24) is 14.7 Å². The molecule has 0 bridgehead atoms. The highest BCUT2D eigenvalue weighted by Crippen LogP contribution is 2.37. The van der Waals surface area contributed by atoms with Gasteiger partial charge in [-0.05, 0) is 43.1 Å². The van der Waals surface area contributed by atoms with Gasteiger partial charge in [0.1, 0.15) is 0 Å². The Morgan fingerprint density at radius 2 is 1.82 bits per heavy atom. The zero-order valence-electron chi connectivity index (χ0n) is 16.8. The molecule has 3 N–H and O–H groups in total. The Labute approximate surface area is 167 Å². The molecule has 0 spiro atoms. The molecule has 1 atom stereocenters. The van der Waals surface area contributed by atoms with Gasteiger partial charge in [0.25, 0.3) is 0 Å². The van der Waals surface area contributed by atoms with Crippen molar-refractivity contribution in [2.75, 3.05) is 20.1 Å². The Kier molecular flexibility index (Phi) is 6.49. The highest BCUT2D eigenvalue weighted by Gasteiger charge is 2.38. The molecule has 1 unspecified atom stereocenters. The summed E-state index contributed by atoms with van der Waals surface area (Å²) in [6.07, 6.45) is 5.23. The lowest BCUT2D eigenvalue weighted by molar-refractivity contribution is 0.365. The second-order valence-corrected chi connectivity index (χ2v) is 7.71. The average molecular weight is 379 g/mol. The molecule has 28 heavy (non-hydrogen) atoms. The number of aromatic hydroxyl groups is 1. The number of nitrogens with two attached hydrogens (primary N) is 1. The van der Waals surface area contributed by atoms with Crippen LogP contribution in [0.25, 0.3) is 0 Å². The molecule has 1 aliphatic heterocycles. The summed E-state index contributed by atoms with van der Waals surface area (Å²) in [5.41, 5.74) is 10.1. The van der Waals surface area contributed by atoms with Gasteiger partial charge in [-0.1, -0.05) is 54.6 Å². The fourth-order valence-corrected chi connectivity index (χ4v) is 3.98. The summed E-state index contributed by atoms with van der Waals surface area (Å²) in [6.45, 7) is 2.90. The van der Waals surface area contributed by atoms with E-state index in [1.54, 1.807) is 7.05 Å². The van der Waals surface area contributed by atoms with Crippen molar-refractivity contribution in [3.05, 3.63) is 83.7 Å². The largest absolute Gasteiger partial charge is 0.505 e. The third-order valence-electron chi connectivity index (χ3n) is 5.40. The van der Waals surface area contributed by atoms with Gasteiger partial charge in [-0.3, -0.25) is 4.68 Å². The normalized spacial score (nSPS) is 19.2. The monoisotopic (exact) mass is 378 g/mol. The van der Waals surface area contributed by atoms with Gasteiger partial charge in [-0.25, -0.2) is 0 Å². The van der Waals surface area contributed by atoms with Crippen molar-refractivity contribution in [3.8, 4) is 5.75 Å². The number of rotatable bonds is 4. The minimum atomic E-state index is 0.211. The van der Waals surface area contributed by atoms with Gasteiger partial charge in [0.15, 0.2) is 5.75 Å². The van der Waals surface area contributed by atoms with E-state index < -0.39 is 0 Å². The molecule has 0 amide bonds. The Hall–Kier alpha value is -2.63. The number of benzene rings is 2. The molecule has 1 aliphatic rings. The predicted molar refractivity (Wildman–Crippen MR) is 113 cm³/mol. The zero-order valence-corrected chi connectivity index (χ0v) is 16.8. The number of nitrogens with zero attached hydrogens (tertiary/aromatic N) is 3. The Morgan fingerprint density at radius 1 is 1.07 bits per heavy atom. The molecular formula is C23H30N4O. The molecule has 0 aliphatic carbocycles. The SMILES string of the molecule is CN1CCC(Cc2ccccc2)(c2cccc(CN)c2)C1.Cn1cc(O)cn1. The molecule has 2 heterocycles. The molecule has 3 aromatic rings. The van der Waals surface area contributed by atoms with E-state index in [0.717, 1.165) is 13.0 Å². The highest BCUT2D eigenvalue weighted by atomic mass is 16.3. The van der Waals surface area contributed by atoms with Crippen LogP contribution in [0.4, 0.5) is 0 Å². The van der Waals surface area contributed by atoms with Crippen LogP contribution in [0.15, 0.2) is 67.0 Å². The summed E-state index contributed by atoms with van der Waals surface area (Å²) in [5, 5.41) is 12.3.